The number of phenolic OH excluding ortho intramolecular Hbond substituents is 2. The van der Waals surface area contributed by atoms with E-state index < -0.39 is 17.5 Å². The van der Waals surface area contributed by atoms with Crippen LogP contribution in [0.25, 0.3) is 0 Å². The van der Waals surface area contributed by atoms with Gasteiger partial charge in [-0.05, 0) is 18.2 Å². The van der Waals surface area contributed by atoms with E-state index in [9.17, 15) is 19.4 Å². The third-order valence-electron chi connectivity index (χ3n) is 2.96. The van der Waals surface area contributed by atoms with Crippen molar-refractivity contribution in [2.24, 2.45) is 0 Å². The number of halogens is 1. The fourth-order valence-electron chi connectivity index (χ4n) is 1.86. The van der Waals surface area contributed by atoms with E-state index in [1.54, 1.807) is 18.2 Å². The molecule has 0 aliphatic carbocycles. The van der Waals surface area contributed by atoms with Gasteiger partial charge >= 0.3 is 0 Å². The molecule has 0 atom stereocenters. The Hall–Kier alpha value is -2.56. The van der Waals surface area contributed by atoms with Crippen molar-refractivity contribution >= 4 is 5.91 Å². The Balaban J connectivity index is 2.21. The summed E-state index contributed by atoms with van der Waals surface area (Å²) in [6.45, 7) is 0.0700. The molecule has 4 nitrogen and oxygen atoms in total. The van der Waals surface area contributed by atoms with Crippen molar-refractivity contribution in [2.75, 3.05) is 7.05 Å². The number of nitrogens with zero attached hydrogens (tertiary/aromatic N) is 1. The van der Waals surface area contributed by atoms with Gasteiger partial charge in [0.1, 0.15) is 5.82 Å². The van der Waals surface area contributed by atoms with E-state index in [-0.39, 0.29) is 17.9 Å². The summed E-state index contributed by atoms with van der Waals surface area (Å²) in [7, 11) is 1.50. The van der Waals surface area contributed by atoms with Crippen LogP contribution in [0.15, 0.2) is 42.5 Å². The molecular formula is C15H14FNO3. The highest BCUT2D eigenvalue weighted by Gasteiger charge is 2.18. The molecule has 0 radical (unpaired) electrons. The van der Waals surface area contributed by atoms with Crippen LogP contribution < -0.4 is 0 Å². The molecule has 2 N–H and O–H groups in total. The Morgan fingerprint density at radius 2 is 1.85 bits per heavy atom. The van der Waals surface area contributed by atoms with Gasteiger partial charge in [0, 0.05) is 19.2 Å². The fraction of sp³-hybridized carbons (Fsp3) is 0.133. The minimum Gasteiger partial charge on any atom is -0.504 e. The second kappa shape index (κ2) is 5.61. The second-order valence-electron chi connectivity index (χ2n) is 4.43. The molecule has 0 aliphatic heterocycles. The normalized spacial score (nSPS) is 10.3. The van der Waals surface area contributed by atoms with E-state index >= 15 is 0 Å². The summed E-state index contributed by atoms with van der Waals surface area (Å²) in [4.78, 5) is 13.4. The van der Waals surface area contributed by atoms with Crippen LogP contribution in [-0.4, -0.2) is 28.1 Å². The molecular weight excluding hydrogens is 261 g/mol. The lowest BCUT2D eigenvalue weighted by molar-refractivity contribution is 0.0780. The molecule has 0 unspecified atom stereocenters. The summed E-state index contributed by atoms with van der Waals surface area (Å²) in [5.74, 6) is -1.73. The summed E-state index contributed by atoms with van der Waals surface area (Å²) in [5.41, 5.74) is 0.354. The zero-order chi connectivity index (χ0) is 14.7. The van der Waals surface area contributed by atoms with Gasteiger partial charge in [-0.25, -0.2) is 4.39 Å². The van der Waals surface area contributed by atoms with Gasteiger partial charge in [-0.2, -0.15) is 0 Å². The minimum atomic E-state index is -0.498. The highest BCUT2D eigenvalue weighted by atomic mass is 19.1. The van der Waals surface area contributed by atoms with Gasteiger partial charge in [-0.3, -0.25) is 4.79 Å². The average molecular weight is 275 g/mol. The Morgan fingerprint density at radius 1 is 1.15 bits per heavy atom. The van der Waals surface area contributed by atoms with Gasteiger partial charge in [-0.1, -0.05) is 24.3 Å². The van der Waals surface area contributed by atoms with Gasteiger partial charge in [0.2, 0.25) is 0 Å². The molecule has 104 valence electrons. The van der Waals surface area contributed by atoms with Crippen LogP contribution in [0.1, 0.15) is 15.9 Å². The third-order valence-corrected chi connectivity index (χ3v) is 2.96. The number of phenols is 2. The molecule has 0 aliphatic rings. The van der Waals surface area contributed by atoms with Gasteiger partial charge in [0.05, 0.1) is 5.56 Å². The Kier molecular flexibility index (Phi) is 3.89. The number of carbonyl (C=O) groups excluding carboxylic acids is 1. The fourth-order valence-corrected chi connectivity index (χ4v) is 1.86. The maximum atomic E-state index is 13.5. The first-order chi connectivity index (χ1) is 9.50. The monoisotopic (exact) mass is 275 g/mol. The maximum absolute atomic E-state index is 13.5. The molecule has 1 amide bonds. The van der Waals surface area contributed by atoms with Crippen LogP contribution in [0, 0.1) is 5.82 Å². The molecule has 0 fully saturated rings. The van der Waals surface area contributed by atoms with Crippen LogP contribution in [0.4, 0.5) is 4.39 Å². The first-order valence-electron chi connectivity index (χ1n) is 6.00. The molecule has 0 saturated heterocycles. The minimum absolute atomic E-state index is 0.0242. The van der Waals surface area contributed by atoms with Crippen molar-refractivity contribution in [3.8, 4) is 11.5 Å². The molecule has 0 spiro atoms. The molecule has 5 heteroatoms. The van der Waals surface area contributed by atoms with Crippen LogP contribution in [0.5, 0.6) is 11.5 Å². The van der Waals surface area contributed by atoms with Crippen molar-refractivity contribution in [1.29, 1.82) is 0 Å². The number of rotatable bonds is 3. The van der Waals surface area contributed by atoms with Gasteiger partial charge in [0.15, 0.2) is 11.5 Å². The number of para-hydroxylation sites is 1. The SMILES string of the molecule is CN(Cc1ccccc1F)C(=O)c1cccc(O)c1O. The predicted octanol–water partition coefficient (Wildman–Crippen LogP) is 2.51. The Bertz CT molecular complexity index is 643. The molecule has 2 aromatic rings. The summed E-state index contributed by atoms with van der Waals surface area (Å²) in [5, 5.41) is 19.0. The molecule has 0 saturated carbocycles. The third kappa shape index (κ3) is 2.71. The number of hydrogen-bond donors (Lipinski definition) is 2. The summed E-state index contributed by atoms with van der Waals surface area (Å²) >= 11 is 0. The van der Waals surface area contributed by atoms with Crippen molar-refractivity contribution in [3.05, 3.63) is 59.4 Å². The molecule has 0 heterocycles. The first-order valence-corrected chi connectivity index (χ1v) is 6.00. The number of amides is 1. The van der Waals surface area contributed by atoms with E-state index in [2.05, 4.69) is 0 Å². The zero-order valence-corrected chi connectivity index (χ0v) is 10.9. The van der Waals surface area contributed by atoms with Gasteiger partial charge < -0.3 is 15.1 Å². The van der Waals surface area contributed by atoms with Crippen LogP contribution >= 0.6 is 0 Å². The molecule has 20 heavy (non-hydrogen) atoms. The topological polar surface area (TPSA) is 60.8 Å². The number of benzene rings is 2. The van der Waals surface area contributed by atoms with Crippen molar-refractivity contribution in [1.82, 2.24) is 4.90 Å². The second-order valence-corrected chi connectivity index (χ2v) is 4.43. The van der Waals surface area contributed by atoms with Crippen LogP contribution in [0.2, 0.25) is 0 Å². The lowest BCUT2D eigenvalue weighted by Crippen LogP contribution is -2.26. The lowest BCUT2D eigenvalue weighted by atomic mass is 10.1. The molecule has 0 bridgehead atoms. The van der Waals surface area contributed by atoms with E-state index in [0.717, 1.165) is 0 Å². The quantitative estimate of drug-likeness (QED) is 0.846. The summed E-state index contributed by atoms with van der Waals surface area (Å²) < 4.78 is 13.5. The number of carbonyl (C=O) groups is 1. The average Bonchev–Trinajstić information content (AvgIpc) is 2.43. The van der Waals surface area contributed by atoms with E-state index in [1.165, 1.54) is 36.2 Å². The van der Waals surface area contributed by atoms with E-state index in [0.29, 0.717) is 5.56 Å². The highest BCUT2D eigenvalue weighted by Crippen LogP contribution is 2.29. The van der Waals surface area contributed by atoms with Gasteiger partial charge in [-0.15, -0.1) is 0 Å². The Labute approximate surface area is 115 Å². The largest absolute Gasteiger partial charge is 0.504 e. The van der Waals surface area contributed by atoms with Crippen molar-refractivity contribution in [3.63, 3.8) is 0 Å². The lowest BCUT2D eigenvalue weighted by Gasteiger charge is -2.18. The summed E-state index contributed by atoms with van der Waals surface area (Å²) in [6, 6.07) is 10.3. The standard InChI is InChI=1S/C15H14FNO3/c1-17(9-10-5-2-3-7-12(10)16)15(20)11-6-4-8-13(18)14(11)19/h2-8,18-19H,9H2,1H3. The number of aromatic hydroxyl groups is 2. The first kappa shape index (κ1) is 13.9. The van der Waals surface area contributed by atoms with E-state index in [1.807, 2.05) is 0 Å². The molecule has 2 rings (SSSR count). The smallest absolute Gasteiger partial charge is 0.257 e. The summed E-state index contributed by atoms with van der Waals surface area (Å²) in [6.07, 6.45) is 0. The van der Waals surface area contributed by atoms with Gasteiger partial charge in [0.25, 0.3) is 5.91 Å². The maximum Gasteiger partial charge on any atom is 0.257 e. The van der Waals surface area contributed by atoms with Crippen molar-refractivity contribution < 1.29 is 19.4 Å². The highest BCUT2D eigenvalue weighted by molar-refractivity contribution is 5.97. The van der Waals surface area contributed by atoms with E-state index in [4.69, 9.17) is 0 Å². The molecule has 0 aromatic heterocycles. The van der Waals surface area contributed by atoms with Crippen LogP contribution in [0.3, 0.4) is 0 Å². The number of hydrogen-bond acceptors (Lipinski definition) is 3. The van der Waals surface area contributed by atoms with Crippen molar-refractivity contribution in [2.45, 2.75) is 6.54 Å². The zero-order valence-electron chi connectivity index (χ0n) is 10.9. The Morgan fingerprint density at radius 3 is 2.55 bits per heavy atom. The molecule has 2 aromatic carbocycles. The predicted molar refractivity (Wildman–Crippen MR) is 72.0 cm³/mol. The van der Waals surface area contributed by atoms with Crippen LogP contribution in [-0.2, 0) is 6.54 Å².